The quantitative estimate of drug-likeness (QED) is 0.618. The van der Waals surface area contributed by atoms with Gasteiger partial charge in [0.1, 0.15) is 5.54 Å². The van der Waals surface area contributed by atoms with E-state index in [1.54, 1.807) is 0 Å². The zero-order valence-electron chi connectivity index (χ0n) is 14.7. The third-order valence-corrected chi connectivity index (χ3v) is 7.74. The van der Waals surface area contributed by atoms with E-state index in [1.807, 2.05) is 6.07 Å². The van der Waals surface area contributed by atoms with E-state index >= 15 is 0 Å². The first-order valence-corrected chi connectivity index (χ1v) is 10.9. The number of amides is 1. The van der Waals surface area contributed by atoms with Crippen molar-refractivity contribution in [3.63, 3.8) is 0 Å². The van der Waals surface area contributed by atoms with Crippen molar-refractivity contribution in [1.29, 1.82) is 5.26 Å². The molecule has 28 heavy (non-hydrogen) atoms. The summed E-state index contributed by atoms with van der Waals surface area (Å²) >= 11 is 3.08. The highest BCUT2D eigenvalue weighted by Crippen LogP contribution is 2.38. The Kier molecular flexibility index (Phi) is 5.38. The van der Waals surface area contributed by atoms with Crippen LogP contribution in [0.3, 0.4) is 0 Å². The van der Waals surface area contributed by atoms with Crippen molar-refractivity contribution in [2.24, 2.45) is 0 Å². The molecule has 6 nitrogen and oxygen atoms in total. The van der Waals surface area contributed by atoms with E-state index in [0.717, 1.165) is 12.1 Å². The molecule has 1 heterocycles. The largest absolute Gasteiger partial charge is 0.336 e. The molecule has 2 fully saturated rings. The van der Waals surface area contributed by atoms with E-state index in [1.165, 1.54) is 6.07 Å². The summed E-state index contributed by atoms with van der Waals surface area (Å²) in [5.41, 5.74) is -1.52. The number of nitriles is 1. The molecule has 1 aliphatic heterocycles. The van der Waals surface area contributed by atoms with Crippen LogP contribution >= 0.6 is 15.9 Å². The summed E-state index contributed by atoms with van der Waals surface area (Å²) in [5.74, 6) is -3.98. The molecule has 1 aliphatic carbocycles. The highest BCUT2D eigenvalue weighted by atomic mass is 79.9. The van der Waals surface area contributed by atoms with Gasteiger partial charge in [-0.25, -0.2) is 8.42 Å². The number of rotatable bonds is 6. The van der Waals surface area contributed by atoms with Gasteiger partial charge in [0, 0.05) is 16.6 Å². The van der Waals surface area contributed by atoms with Gasteiger partial charge in [-0.2, -0.15) is 14.0 Å². The van der Waals surface area contributed by atoms with Crippen molar-refractivity contribution in [2.75, 3.05) is 6.54 Å². The molecule has 1 aromatic carbocycles. The second-order valence-corrected chi connectivity index (χ2v) is 10.1. The number of benzene rings is 1. The molecule has 1 saturated carbocycles. The number of carbonyl (C=O) groups is 1. The fraction of sp³-hybridized carbons (Fsp3) is 0.444. The molecule has 0 bridgehead atoms. The maximum atomic E-state index is 14.3. The number of nitrogens with one attached hydrogen (secondary N) is 2. The van der Waals surface area contributed by atoms with E-state index in [-0.39, 0.29) is 13.0 Å². The van der Waals surface area contributed by atoms with Crippen LogP contribution in [0.2, 0.25) is 0 Å². The maximum absolute atomic E-state index is 14.3. The van der Waals surface area contributed by atoms with Crippen molar-refractivity contribution < 1.29 is 22.0 Å². The van der Waals surface area contributed by atoms with E-state index in [4.69, 9.17) is 5.26 Å². The minimum Gasteiger partial charge on any atom is -0.336 e. The van der Waals surface area contributed by atoms with Crippen molar-refractivity contribution >= 4 is 31.7 Å². The summed E-state index contributed by atoms with van der Waals surface area (Å²) in [5, 5.41) is 13.5. The standard InChI is InChI=1S/C18H18BrF2N3O3S/c1-2-18(20,21)13-7-11(19)3-4-15(13)28(26,27)12-8-14(23-9-12)16(25)24-17(10-22)5-6-17/h2-4,7,12,14,23H,1,5-6,8-9H2,(H,24,25)/t12-,14+/m1/s1. The average molecular weight is 474 g/mol. The number of hydrogen-bond donors (Lipinski definition) is 2. The number of alkyl halides is 2. The molecular formula is C18H18BrF2N3O3S. The molecule has 3 rings (SSSR count). The number of nitrogens with zero attached hydrogens (tertiary/aromatic N) is 1. The van der Waals surface area contributed by atoms with Crippen LogP contribution in [-0.2, 0) is 20.6 Å². The van der Waals surface area contributed by atoms with Gasteiger partial charge in [-0.3, -0.25) is 4.79 Å². The third kappa shape index (κ3) is 3.83. The van der Waals surface area contributed by atoms with Crippen LogP contribution in [0.5, 0.6) is 0 Å². The Morgan fingerprint density at radius 2 is 2.14 bits per heavy atom. The van der Waals surface area contributed by atoms with E-state index < -0.39 is 49.0 Å². The van der Waals surface area contributed by atoms with Crippen LogP contribution in [0.1, 0.15) is 24.8 Å². The number of hydrogen-bond acceptors (Lipinski definition) is 5. The molecule has 1 amide bonds. The molecule has 10 heteroatoms. The molecular weight excluding hydrogens is 456 g/mol. The third-order valence-electron chi connectivity index (χ3n) is 5.04. The number of sulfone groups is 1. The fourth-order valence-corrected chi connectivity index (χ4v) is 5.39. The molecule has 1 saturated heterocycles. The van der Waals surface area contributed by atoms with Crippen molar-refractivity contribution in [3.05, 3.63) is 40.9 Å². The van der Waals surface area contributed by atoms with E-state index in [2.05, 4.69) is 33.1 Å². The Balaban J connectivity index is 1.84. The predicted molar refractivity (Wildman–Crippen MR) is 101 cm³/mol. The topological polar surface area (TPSA) is 99.1 Å². The highest BCUT2D eigenvalue weighted by molar-refractivity contribution is 9.10. The lowest BCUT2D eigenvalue weighted by atomic mass is 10.1. The number of carbonyl (C=O) groups excluding carboxylic acids is 1. The molecule has 2 atom stereocenters. The van der Waals surface area contributed by atoms with Crippen LogP contribution in [0.4, 0.5) is 8.78 Å². The molecule has 0 radical (unpaired) electrons. The van der Waals surface area contributed by atoms with Gasteiger partial charge < -0.3 is 10.6 Å². The minimum atomic E-state index is -4.14. The van der Waals surface area contributed by atoms with Gasteiger partial charge in [0.25, 0.3) is 5.92 Å². The lowest BCUT2D eigenvalue weighted by Gasteiger charge is -2.19. The van der Waals surface area contributed by atoms with Gasteiger partial charge in [-0.05, 0) is 43.5 Å². The van der Waals surface area contributed by atoms with Gasteiger partial charge in [0.2, 0.25) is 5.91 Å². The van der Waals surface area contributed by atoms with Crippen LogP contribution in [0.25, 0.3) is 0 Å². The van der Waals surface area contributed by atoms with Crippen molar-refractivity contribution in [1.82, 2.24) is 10.6 Å². The first-order chi connectivity index (χ1) is 13.0. The SMILES string of the molecule is C=CC(F)(F)c1cc(Br)ccc1S(=O)(=O)[C@H]1CN[C@H](C(=O)NC2(C#N)CC2)C1. The summed E-state index contributed by atoms with van der Waals surface area (Å²) in [6, 6.07) is 4.81. The summed E-state index contributed by atoms with van der Waals surface area (Å²) in [4.78, 5) is 11.8. The first-order valence-electron chi connectivity index (χ1n) is 8.57. The molecule has 0 spiro atoms. The summed E-state index contributed by atoms with van der Waals surface area (Å²) in [6.45, 7) is 3.04. The lowest BCUT2D eigenvalue weighted by Crippen LogP contribution is -2.45. The summed E-state index contributed by atoms with van der Waals surface area (Å²) in [6.07, 6.45) is 1.45. The molecule has 2 aliphatic rings. The molecule has 150 valence electrons. The molecule has 2 N–H and O–H groups in total. The Hall–Kier alpha value is -1.83. The monoisotopic (exact) mass is 473 g/mol. The van der Waals surface area contributed by atoms with Gasteiger partial charge in [-0.1, -0.05) is 22.5 Å². The van der Waals surface area contributed by atoms with Crippen LogP contribution in [0, 0.1) is 11.3 Å². The Labute approximate surface area is 170 Å². The smallest absolute Gasteiger partial charge is 0.292 e. The maximum Gasteiger partial charge on any atom is 0.292 e. The second kappa shape index (κ2) is 7.21. The highest BCUT2D eigenvalue weighted by Gasteiger charge is 2.47. The van der Waals surface area contributed by atoms with E-state index in [0.29, 0.717) is 23.4 Å². The van der Waals surface area contributed by atoms with Crippen LogP contribution < -0.4 is 10.6 Å². The normalized spacial score (nSPS) is 23.6. The fourth-order valence-electron chi connectivity index (χ4n) is 3.15. The summed E-state index contributed by atoms with van der Waals surface area (Å²) < 4.78 is 54.9. The van der Waals surface area contributed by atoms with Gasteiger partial charge in [-0.15, -0.1) is 0 Å². The predicted octanol–water partition coefficient (Wildman–Crippen LogP) is 2.40. The minimum absolute atomic E-state index is 0.0465. The Morgan fingerprint density at radius 1 is 1.46 bits per heavy atom. The second-order valence-electron chi connectivity index (χ2n) is 7.01. The van der Waals surface area contributed by atoms with Gasteiger partial charge in [0.05, 0.1) is 22.3 Å². The zero-order chi connectivity index (χ0) is 20.7. The molecule has 1 aromatic rings. The molecule has 0 unspecified atom stereocenters. The van der Waals surface area contributed by atoms with Gasteiger partial charge in [0.15, 0.2) is 9.84 Å². The first kappa shape index (κ1) is 20.9. The van der Waals surface area contributed by atoms with Crippen LogP contribution in [0.15, 0.2) is 40.2 Å². The van der Waals surface area contributed by atoms with Crippen molar-refractivity contribution in [2.45, 2.75) is 46.9 Å². The molecule has 0 aromatic heterocycles. The average Bonchev–Trinajstić information content (AvgIpc) is 3.23. The summed E-state index contributed by atoms with van der Waals surface area (Å²) in [7, 11) is -4.14. The Bertz CT molecular complexity index is 971. The Morgan fingerprint density at radius 3 is 2.71 bits per heavy atom. The van der Waals surface area contributed by atoms with Crippen molar-refractivity contribution in [3.8, 4) is 6.07 Å². The zero-order valence-corrected chi connectivity index (χ0v) is 17.1. The number of halogens is 3. The lowest BCUT2D eigenvalue weighted by molar-refractivity contribution is -0.123. The van der Waals surface area contributed by atoms with E-state index in [9.17, 15) is 22.0 Å². The van der Waals surface area contributed by atoms with Gasteiger partial charge >= 0.3 is 0 Å². The number of allylic oxidation sites excluding steroid dienone is 1. The van der Waals surface area contributed by atoms with Crippen LogP contribution in [-0.4, -0.2) is 37.7 Å².